The fourth-order valence-corrected chi connectivity index (χ4v) is 1.93. The third kappa shape index (κ3) is 5.73. The number of aliphatic carboxylic acids is 1. The molecular weight excluding hydrogens is 264 g/mol. The van der Waals surface area contributed by atoms with Gasteiger partial charge in [-0.05, 0) is 25.7 Å². The van der Waals surface area contributed by atoms with E-state index in [1.807, 2.05) is 12.2 Å². The van der Waals surface area contributed by atoms with Gasteiger partial charge < -0.3 is 20.5 Å². The van der Waals surface area contributed by atoms with Gasteiger partial charge >= 0.3 is 18.0 Å². The molecule has 1 aliphatic carbocycles. The Morgan fingerprint density at radius 3 is 2.70 bits per heavy atom. The van der Waals surface area contributed by atoms with Crippen molar-refractivity contribution >= 4 is 18.0 Å². The molecule has 0 aromatic heterocycles. The summed E-state index contributed by atoms with van der Waals surface area (Å²) in [5.74, 6) is -1.68. The highest BCUT2D eigenvalue weighted by Crippen LogP contribution is 2.10. The molecule has 0 spiro atoms. The van der Waals surface area contributed by atoms with Crippen LogP contribution in [0.1, 0.15) is 32.1 Å². The summed E-state index contributed by atoms with van der Waals surface area (Å²) in [4.78, 5) is 33.7. The molecule has 0 saturated carbocycles. The largest absolute Gasteiger partial charge is 0.480 e. The Kier molecular flexibility index (Phi) is 6.55. The Morgan fingerprint density at radius 1 is 1.40 bits per heavy atom. The number of methoxy groups -OCH3 is 1. The normalized spacial score (nSPS) is 18.9. The zero-order valence-electron chi connectivity index (χ0n) is 11.4. The molecule has 1 aliphatic rings. The smallest absolute Gasteiger partial charge is 0.326 e. The van der Waals surface area contributed by atoms with E-state index in [9.17, 15) is 14.4 Å². The Balaban J connectivity index is 2.39. The number of esters is 1. The van der Waals surface area contributed by atoms with E-state index in [1.54, 1.807) is 0 Å². The summed E-state index contributed by atoms with van der Waals surface area (Å²) >= 11 is 0. The zero-order chi connectivity index (χ0) is 15.0. The Labute approximate surface area is 117 Å². The van der Waals surface area contributed by atoms with Crippen molar-refractivity contribution in [3.8, 4) is 0 Å². The van der Waals surface area contributed by atoms with Gasteiger partial charge in [0, 0.05) is 12.5 Å². The summed E-state index contributed by atoms with van der Waals surface area (Å²) in [7, 11) is 1.23. The van der Waals surface area contributed by atoms with Crippen molar-refractivity contribution < 1.29 is 24.2 Å². The first-order valence-electron chi connectivity index (χ1n) is 6.54. The number of hydrogen-bond acceptors (Lipinski definition) is 4. The Morgan fingerprint density at radius 2 is 2.15 bits per heavy atom. The molecule has 0 saturated heterocycles. The van der Waals surface area contributed by atoms with E-state index >= 15 is 0 Å². The lowest BCUT2D eigenvalue weighted by atomic mass is 10.0. The second kappa shape index (κ2) is 8.19. The van der Waals surface area contributed by atoms with Crippen LogP contribution < -0.4 is 10.6 Å². The molecule has 0 aliphatic heterocycles. The fraction of sp³-hybridized carbons (Fsp3) is 0.615. The third-order valence-electron chi connectivity index (χ3n) is 3.07. The number of carboxylic acids is 1. The lowest BCUT2D eigenvalue weighted by Crippen LogP contribution is -2.49. The predicted molar refractivity (Wildman–Crippen MR) is 71.1 cm³/mol. The van der Waals surface area contributed by atoms with Gasteiger partial charge in [-0.1, -0.05) is 12.2 Å². The van der Waals surface area contributed by atoms with Crippen molar-refractivity contribution in [1.82, 2.24) is 10.6 Å². The maximum absolute atomic E-state index is 11.7. The minimum atomic E-state index is -1.17. The standard InChI is InChI=1S/C13H20N2O5/c1-20-11(16)8-7-10(12(17)18)15-13(19)14-9-5-3-2-4-6-9/h2-3,9-10H,4-8H2,1H3,(H,17,18)(H2,14,15,19)/t9?,10-/m1/s1. The zero-order valence-corrected chi connectivity index (χ0v) is 11.4. The summed E-state index contributed by atoms with van der Waals surface area (Å²) in [5, 5.41) is 14.1. The topological polar surface area (TPSA) is 105 Å². The molecule has 0 aromatic rings. The van der Waals surface area contributed by atoms with Crippen LogP contribution in [0.4, 0.5) is 4.79 Å². The molecule has 112 valence electrons. The second-order valence-electron chi connectivity index (χ2n) is 4.60. The summed E-state index contributed by atoms with van der Waals surface area (Å²) < 4.78 is 4.44. The van der Waals surface area contributed by atoms with Crippen molar-refractivity contribution in [1.29, 1.82) is 0 Å². The van der Waals surface area contributed by atoms with E-state index in [2.05, 4.69) is 15.4 Å². The number of ether oxygens (including phenoxy) is 1. The number of carbonyl (C=O) groups excluding carboxylic acids is 2. The van der Waals surface area contributed by atoms with Crippen molar-refractivity contribution in [2.45, 2.75) is 44.2 Å². The van der Waals surface area contributed by atoms with Crippen LogP contribution in [0.5, 0.6) is 0 Å². The lowest BCUT2D eigenvalue weighted by molar-refractivity contribution is -0.142. The van der Waals surface area contributed by atoms with Gasteiger partial charge in [-0.3, -0.25) is 4.79 Å². The Bertz CT molecular complexity index is 394. The van der Waals surface area contributed by atoms with Gasteiger partial charge in [-0.25, -0.2) is 9.59 Å². The molecular formula is C13H20N2O5. The van der Waals surface area contributed by atoms with Crippen LogP contribution in [0.3, 0.4) is 0 Å². The highest BCUT2D eigenvalue weighted by atomic mass is 16.5. The number of carboxylic acid groups (broad SMARTS) is 1. The van der Waals surface area contributed by atoms with Crippen molar-refractivity contribution in [3.05, 3.63) is 12.2 Å². The van der Waals surface area contributed by atoms with Crippen LogP contribution in [0, 0.1) is 0 Å². The number of allylic oxidation sites excluding steroid dienone is 1. The minimum absolute atomic E-state index is 0.00000386. The summed E-state index contributed by atoms with van der Waals surface area (Å²) in [5.41, 5.74) is 0. The van der Waals surface area contributed by atoms with Gasteiger partial charge in [0.15, 0.2) is 0 Å². The van der Waals surface area contributed by atoms with Crippen LogP contribution in [0.25, 0.3) is 0 Å². The lowest BCUT2D eigenvalue weighted by Gasteiger charge is -2.21. The van der Waals surface area contributed by atoms with E-state index in [1.165, 1.54) is 7.11 Å². The quantitative estimate of drug-likeness (QED) is 0.494. The number of hydrogen-bond donors (Lipinski definition) is 3. The molecule has 2 atom stereocenters. The van der Waals surface area contributed by atoms with E-state index < -0.39 is 24.0 Å². The van der Waals surface area contributed by atoms with Crippen molar-refractivity contribution in [2.24, 2.45) is 0 Å². The average molecular weight is 284 g/mol. The van der Waals surface area contributed by atoms with Gasteiger partial charge in [0.05, 0.1) is 7.11 Å². The molecule has 0 aromatic carbocycles. The highest BCUT2D eigenvalue weighted by Gasteiger charge is 2.22. The minimum Gasteiger partial charge on any atom is -0.480 e. The van der Waals surface area contributed by atoms with Crippen LogP contribution in [0.15, 0.2) is 12.2 Å². The predicted octanol–water partition coefficient (Wildman–Crippen LogP) is 0.801. The Hall–Kier alpha value is -2.05. The SMILES string of the molecule is COC(=O)CC[C@@H](NC(=O)NC1CC=CCC1)C(=O)O. The third-order valence-corrected chi connectivity index (χ3v) is 3.07. The van der Waals surface area contributed by atoms with Crippen LogP contribution in [-0.2, 0) is 14.3 Å². The number of nitrogens with one attached hydrogen (secondary N) is 2. The molecule has 1 rings (SSSR count). The summed E-state index contributed by atoms with van der Waals surface area (Å²) in [6.07, 6.45) is 6.46. The van der Waals surface area contributed by atoms with Crippen LogP contribution in [0.2, 0.25) is 0 Å². The fourth-order valence-electron chi connectivity index (χ4n) is 1.93. The average Bonchev–Trinajstić information content (AvgIpc) is 2.43. The molecule has 7 nitrogen and oxygen atoms in total. The van der Waals surface area contributed by atoms with Gasteiger partial charge in [-0.15, -0.1) is 0 Å². The highest BCUT2D eigenvalue weighted by molar-refractivity contribution is 5.83. The maximum atomic E-state index is 11.7. The van der Waals surface area contributed by atoms with Gasteiger partial charge in [-0.2, -0.15) is 0 Å². The number of carbonyl (C=O) groups is 3. The molecule has 0 radical (unpaired) electrons. The monoisotopic (exact) mass is 284 g/mol. The van der Waals surface area contributed by atoms with E-state index in [0.29, 0.717) is 0 Å². The first kappa shape index (κ1) is 16.0. The number of urea groups is 1. The molecule has 0 heterocycles. The number of amides is 2. The van der Waals surface area contributed by atoms with E-state index in [4.69, 9.17) is 5.11 Å². The molecule has 2 amide bonds. The molecule has 0 fully saturated rings. The molecule has 3 N–H and O–H groups in total. The molecule has 20 heavy (non-hydrogen) atoms. The van der Waals surface area contributed by atoms with E-state index in [-0.39, 0.29) is 18.9 Å². The first-order valence-corrected chi connectivity index (χ1v) is 6.54. The maximum Gasteiger partial charge on any atom is 0.326 e. The van der Waals surface area contributed by atoms with Crippen molar-refractivity contribution in [2.75, 3.05) is 7.11 Å². The van der Waals surface area contributed by atoms with Gasteiger partial charge in [0.1, 0.15) is 6.04 Å². The van der Waals surface area contributed by atoms with Crippen molar-refractivity contribution in [3.63, 3.8) is 0 Å². The van der Waals surface area contributed by atoms with Crippen LogP contribution in [-0.4, -0.2) is 42.3 Å². The first-order chi connectivity index (χ1) is 9.52. The summed E-state index contributed by atoms with van der Waals surface area (Å²) in [6, 6.07) is -1.61. The van der Waals surface area contributed by atoms with Crippen LogP contribution >= 0.6 is 0 Å². The second-order valence-corrected chi connectivity index (χ2v) is 4.60. The summed E-state index contributed by atoms with van der Waals surface area (Å²) in [6.45, 7) is 0. The van der Waals surface area contributed by atoms with Gasteiger partial charge in [0.2, 0.25) is 0 Å². The number of rotatable bonds is 6. The van der Waals surface area contributed by atoms with Gasteiger partial charge in [0.25, 0.3) is 0 Å². The molecule has 0 bridgehead atoms. The van der Waals surface area contributed by atoms with E-state index in [0.717, 1.165) is 19.3 Å². The molecule has 7 heteroatoms. The molecule has 1 unspecified atom stereocenters.